The largest absolute Gasteiger partial charge is 0.451 e. The summed E-state index contributed by atoms with van der Waals surface area (Å²) in [5, 5.41) is 3.10. The van der Waals surface area contributed by atoms with Gasteiger partial charge in [0.1, 0.15) is 6.26 Å². The van der Waals surface area contributed by atoms with Crippen LogP contribution in [0.2, 0.25) is 0 Å². The van der Waals surface area contributed by atoms with Crippen molar-refractivity contribution in [1.29, 1.82) is 0 Å². The topological polar surface area (TPSA) is 58.4 Å². The van der Waals surface area contributed by atoms with Crippen molar-refractivity contribution in [1.82, 2.24) is 15.2 Å². The molecule has 1 saturated carbocycles. The Morgan fingerprint density at radius 3 is 2.78 bits per heavy atom. The quantitative estimate of drug-likeness (QED) is 0.870. The molecule has 1 aliphatic carbocycles. The number of likely N-dealkylation sites (tertiary alicyclic amines) is 1. The second-order valence-corrected chi connectivity index (χ2v) is 5.31. The van der Waals surface area contributed by atoms with Crippen LogP contribution in [0.3, 0.4) is 0 Å². The maximum atomic E-state index is 11.9. The van der Waals surface area contributed by atoms with Gasteiger partial charge in [-0.05, 0) is 38.8 Å². The summed E-state index contributed by atoms with van der Waals surface area (Å²) in [6, 6.07) is 0.477. The average Bonchev–Trinajstić information content (AvgIpc) is 3.04. The van der Waals surface area contributed by atoms with E-state index >= 15 is 0 Å². The van der Waals surface area contributed by atoms with E-state index in [-0.39, 0.29) is 11.8 Å². The first-order valence-corrected chi connectivity index (χ1v) is 6.71. The minimum Gasteiger partial charge on any atom is -0.451 e. The summed E-state index contributed by atoms with van der Waals surface area (Å²) >= 11 is 0. The Morgan fingerprint density at radius 1 is 1.39 bits per heavy atom. The molecule has 5 heteroatoms. The van der Waals surface area contributed by atoms with E-state index in [9.17, 15) is 4.79 Å². The lowest BCUT2D eigenvalue weighted by Gasteiger charge is -2.30. The molecular weight excluding hydrogens is 230 g/mol. The molecule has 0 bridgehead atoms. The monoisotopic (exact) mass is 249 g/mol. The van der Waals surface area contributed by atoms with Gasteiger partial charge >= 0.3 is 0 Å². The smallest absolute Gasteiger partial charge is 0.223 e. The molecule has 0 atom stereocenters. The second-order valence-electron chi connectivity index (χ2n) is 5.31. The molecule has 1 amide bonds. The molecule has 18 heavy (non-hydrogen) atoms. The fourth-order valence-corrected chi connectivity index (χ4v) is 2.44. The Kier molecular flexibility index (Phi) is 3.32. The Balaban J connectivity index is 1.44. The molecule has 0 unspecified atom stereocenters. The van der Waals surface area contributed by atoms with Crippen LogP contribution in [0.15, 0.2) is 17.1 Å². The second kappa shape index (κ2) is 5.10. The van der Waals surface area contributed by atoms with E-state index in [4.69, 9.17) is 4.42 Å². The number of rotatable bonds is 4. The minimum atomic E-state index is 0.208. The highest BCUT2D eigenvalue weighted by atomic mass is 16.3. The van der Waals surface area contributed by atoms with Crippen LogP contribution < -0.4 is 5.32 Å². The number of nitrogens with zero attached hydrogens (tertiary/aromatic N) is 2. The molecule has 98 valence electrons. The molecule has 1 saturated heterocycles. The number of aromatic nitrogens is 1. The van der Waals surface area contributed by atoms with Gasteiger partial charge in [0.2, 0.25) is 5.91 Å². The first kappa shape index (κ1) is 11.7. The fraction of sp³-hybridized carbons (Fsp3) is 0.692. The zero-order chi connectivity index (χ0) is 12.4. The fourth-order valence-electron chi connectivity index (χ4n) is 2.44. The van der Waals surface area contributed by atoms with Crippen LogP contribution in [0, 0.1) is 5.92 Å². The number of piperidine rings is 1. The number of carbonyl (C=O) groups is 1. The van der Waals surface area contributed by atoms with Gasteiger partial charge in [-0.15, -0.1) is 0 Å². The molecule has 0 radical (unpaired) electrons. The average molecular weight is 249 g/mol. The highest BCUT2D eigenvalue weighted by Crippen LogP contribution is 2.23. The van der Waals surface area contributed by atoms with E-state index in [1.165, 1.54) is 6.39 Å². The predicted molar refractivity (Wildman–Crippen MR) is 65.7 cm³/mol. The van der Waals surface area contributed by atoms with Crippen LogP contribution in [-0.2, 0) is 11.3 Å². The van der Waals surface area contributed by atoms with E-state index in [1.807, 2.05) is 0 Å². The maximum Gasteiger partial charge on any atom is 0.223 e. The van der Waals surface area contributed by atoms with Gasteiger partial charge in [-0.25, -0.2) is 4.98 Å². The Labute approximate surface area is 107 Å². The van der Waals surface area contributed by atoms with Crippen molar-refractivity contribution in [2.75, 3.05) is 13.1 Å². The predicted octanol–water partition coefficient (Wildman–Crippen LogP) is 1.17. The third kappa shape index (κ3) is 2.90. The molecule has 1 N–H and O–H groups in total. The number of carbonyl (C=O) groups excluding carboxylic acids is 1. The summed E-state index contributed by atoms with van der Waals surface area (Å²) in [5.41, 5.74) is 0.968. The summed E-state index contributed by atoms with van der Waals surface area (Å²) < 4.78 is 4.96. The molecule has 1 aliphatic heterocycles. The summed E-state index contributed by atoms with van der Waals surface area (Å²) in [7, 11) is 0. The van der Waals surface area contributed by atoms with Crippen LogP contribution >= 0.6 is 0 Å². The number of hydrogen-bond acceptors (Lipinski definition) is 4. The van der Waals surface area contributed by atoms with Crippen LogP contribution in [-0.4, -0.2) is 34.9 Å². The number of amides is 1. The van der Waals surface area contributed by atoms with Gasteiger partial charge < -0.3 is 9.73 Å². The first-order chi connectivity index (χ1) is 8.81. The molecule has 2 heterocycles. The highest BCUT2D eigenvalue weighted by Gasteiger charge is 2.29. The third-order valence-corrected chi connectivity index (χ3v) is 3.75. The van der Waals surface area contributed by atoms with Crippen molar-refractivity contribution in [3.05, 3.63) is 18.4 Å². The van der Waals surface area contributed by atoms with Gasteiger partial charge in [0, 0.05) is 18.5 Å². The lowest BCUT2D eigenvalue weighted by molar-refractivity contribution is -0.126. The zero-order valence-corrected chi connectivity index (χ0v) is 10.5. The molecular formula is C13H19N3O2. The molecule has 2 fully saturated rings. The summed E-state index contributed by atoms with van der Waals surface area (Å²) in [6.07, 6.45) is 7.39. The van der Waals surface area contributed by atoms with E-state index in [1.54, 1.807) is 6.26 Å². The summed E-state index contributed by atoms with van der Waals surface area (Å²) in [5.74, 6) is 0.470. The minimum absolute atomic E-state index is 0.208. The highest BCUT2D eigenvalue weighted by molar-refractivity contribution is 5.79. The van der Waals surface area contributed by atoms with Crippen LogP contribution in [0.5, 0.6) is 0 Å². The number of hydrogen-bond donors (Lipinski definition) is 1. The lowest BCUT2D eigenvalue weighted by Crippen LogP contribution is -2.40. The van der Waals surface area contributed by atoms with Crippen LogP contribution in [0.1, 0.15) is 31.4 Å². The molecule has 0 aromatic carbocycles. The lowest BCUT2D eigenvalue weighted by atomic mass is 9.96. The van der Waals surface area contributed by atoms with Gasteiger partial charge in [-0.3, -0.25) is 9.69 Å². The van der Waals surface area contributed by atoms with Gasteiger partial charge in [-0.2, -0.15) is 0 Å². The van der Waals surface area contributed by atoms with Gasteiger partial charge in [-0.1, -0.05) is 0 Å². The van der Waals surface area contributed by atoms with E-state index in [0.717, 1.165) is 51.0 Å². The van der Waals surface area contributed by atoms with Gasteiger partial charge in [0.15, 0.2) is 6.39 Å². The van der Waals surface area contributed by atoms with Crippen molar-refractivity contribution in [2.24, 2.45) is 5.92 Å². The van der Waals surface area contributed by atoms with Crippen molar-refractivity contribution in [3.8, 4) is 0 Å². The Hall–Kier alpha value is -1.36. The molecule has 5 nitrogen and oxygen atoms in total. The molecule has 1 aromatic heterocycles. The standard InChI is InChI=1S/C13H19N3O2/c17-13(15-11-1-2-11)10-3-5-16(6-4-10)7-12-8-18-9-14-12/h8-11H,1-7H2,(H,15,17). The number of nitrogens with one attached hydrogen (secondary N) is 1. The first-order valence-electron chi connectivity index (χ1n) is 6.71. The van der Waals surface area contributed by atoms with Crippen LogP contribution in [0.4, 0.5) is 0 Å². The molecule has 0 spiro atoms. The van der Waals surface area contributed by atoms with Crippen molar-refractivity contribution < 1.29 is 9.21 Å². The number of oxazole rings is 1. The van der Waals surface area contributed by atoms with Gasteiger partial charge in [0.05, 0.1) is 5.69 Å². The Bertz CT molecular complexity index is 392. The SMILES string of the molecule is O=C(NC1CC1)C1CCN(Cc2cocn2)CC1. The molecule has 1 aromatic rings. The summed E-state index contributed by atoms with van der Waals surface area (Å²) in [4.78, 5) is 18.4. The third-order valence-electron chi connectivity index (χ3n) is 3.75. The zero-order valence-electron chi connectivity index (χ0n) is 10.5. The normalized spacial score (nSPS) is 22.0. The maximum absolute atomic E-state index is 11.9. The van der Waals surface area contributed by atoms with E-state index in [0.29, 0.717) is 6.04 Å². The molecule has 3 rings (SSSR count). The van der Waals surface area contributed by atoms with Crippen LogP contribution in [0.25, 0.3) is 0 Å². The van der Waals surface area contributed by atoms with Crippen molar-refractivity contribution in [3.63, 3.8) is 0 Å². The Morgan fingerprint density at radius 2 is 2.17 bits per heavy atom. The van der Waals surface area contributed by atoms with Gasteiger partial charge in [0.25, 0.3) is 0 Å². The van der Waals surface area contributed by atoms with E-state index in [2.05, 4.69) is 15.2 Å². The van der Waals surface area contributed by atoms with Crippen molar-refractivity contribution >= 4 is 5.91 Å². The molecule has 2 aliphatic rings. The van der Waals surface area contributed by atoms with E-state index < -0.39 is 0 Å². The summed E-state index contributed by atoms with van der Waals surface area (Å²) in [6.45, 7) is 2.76. The van der Waals surface area contributed by atoms with Crippen molar-refractivity contribution in [2.45, 2.75) is 38.3 Å².